The summed E-state index contributed by atoms with van der Waals surface area (Å²) in [6, 6.07) is 1.05. The van der Waals surface area contributed by atoms with E-state index in [1.54, 1.807) is 4.68 Å². The Kier molecular flexibility index (Phi) is 6.88. The maximum atomic E-state index is 12.7. The number of tetrazole rings is 1. The number of hydrogen-bond acceptors (Lipinski definition) is 7. The minimum absolute atomic E-state index is 0.124. The molecule has 0 bridgehead atoms. The monoisotopic (exact) mass is 381 g/mol. The molecule has 26 heavy (non-hydrogen) atoms. The molecule has 0 N–H and O–H groups in total. The predicted octanol–water partition coefficient (Wildman–Crippen LogP) is 0.553. The Labute approximate surface area is 160 Å². The topological polar surface area (TPSA) is 70.4 Å². The zero-order valence-corrected chi connectivity index (χ0v) is 17.0. The van der Waals surface area contributed by atoms with Gasteiger partial charge in [0.1, 0.15) is 6.54 Å². The van der Waals surface area contributed by atoms with Crippen LogP contribution in [0.15, 0.2) is 0 Å². The maximum Gasteiger partial charge on any atom is 0.244 e. The molecule has 0 radical (unpaired) electrons. The Morgan fingerprint density at radius 1 is 1.23 bits per heavy atom. The van der Waals surface area contributed by atoms with Crippen molar-refractivity contribution in [1.29, 1.82) is 0 Å². The maximum absolute atomic E-state index is 12.7. The van der Waals surface area contributed by atoms with Crippen LogP contribution in [0.3, 0.4) is 0 Å². The molecule has 146 valence electrons. The number of hydrogen-bond donors (Lipinski definition) is 0. The second-order valence-electron chi connectivity index (χ2n) is 7.52. The summed E-state index contributed by atoms with van der Waals surface area (Å²) in [5, 5.41) is 11.9. The minimum atomic E-state index is 0.124. The van der Waals surface area contributed by atoms with Gasteiger partial charge in [-0.2, -0.15) is 11.8 Å². The van der Waals surface area contributed by atoms with Gasteiger partial charge in [-0.25, -0.2) is 4.68 Å². The van der Waals surface area contributed by atoms with Crippen LogP contribution in [-0.2, 0) is 17.9 Å². The van der Waals surface area contributed by atoms with E-state index in [9.17, 15) is 4.79 Å². The molecule has 3 rings (SSSR count). The molecule has 2 saturated heterocycles. The molecule has 1 aromatic rings. The van der Waals surface area contributed by atoms with Gasteiger partial charge in [-0.05, 0) is 44.2 Å². The van der Waals surface area contributed by atoms with Gasteiger partial charge in [0.25, 0.3) is 0 Å². The highest BCUT2D eigenvalue weighted by Crippen LogP contribution is 2.20. The standard InChI is InChI=1S/C17H31N7OS/c1-14(2)21(3)12-16-18-19-20-24(16)13-17(25)23-6-4-15(5-7-23)22-8-10-26-11-9-22/h14-15H,4-13H2,1-3H3. The number of carbonyl (C=O) groups excluding carboxylic acids is 1. The van der Waals surface area contributed by atoms with Crippen molar-refractivity contribution in [2.24, 2.45) is 0 Å². The van der Waals surface area contributed by atoms with Gasteiger partial charge < -0.3 is 4.90 Å². The summed E-state index contributed by atoms with van der Waals surface area (Å²) in [6.07, 6.45) is 2.16. The van der Waals surface area contributed by atoms with Crippen molar-refractivity contribution in [2.45, 2.75) is 51.9 Å². The number of piperidine rings is 1. The lowest BCUT2D eigenvalue weighted by molar-refractivity contribution is -0.133. The van der Waals surface area contributed by atoms with Crippen LogP contribution in [-0.4, -0.2) is 97.6 Å². The second kappa shape index (κ2) is 9.14. The Morgan fingerprint density at radius 3 is 2.58 bits per heavy atom. The third kappa shape index (κ3) is 4.95. The molecule has 2 aliphatic heterocycles. The molecule has 0 saturated carbocycles. The predicted molar refractivity (Wildman–Crippen MR) is 103 cm³/mol. The molecule has 0 spiro atoms. The van der Waals surface area contributed by atoms with Crippen LogP contribution in [0.2, 0.25) is 0 Å². The molecule has 1 aromatic heterocycles. The lowest BCUT2D eigenvalue weighted by Crippen LogP contribution is -2.49. The molecule has 8 nitrogen and oxygen atoms in total. The zero-order chi connectivity index (χ0) is 18.5. The normalized spacial score (nSPS) is 20.3. The number of amides is 1. The SMILES string of the molecule is CC(C)N(C)Cc1nnnn1CC(=O)N1CCC(N2CCSCC2)CC1. The van der Waals surface area contributed by atoms with E-state index in [1.165, 1.54) is 24.6 Å². The fourth-order valence-electron chi connectivity index (χ4n) is 3.52. The Morgan fingerprint density at radius 2 is 1.92 bits per heavy atom. The van der Waals surface area contributed by atoms with Crippen LogP contribution >= 0.6 is 11.8 Å². The van der Waals surface area contributed by atoms with E-state index in [0.29, 0.717) is 18.6 Å². The van der Waals surface area contributed by atoms with Gasteiger partial charge in [-0.15, -0.1) is 5.10 Å². The summed E-state index contributed by atoms with van der Waals surface area (Å²) in [6.45, 7) is 9.22. The lowest BCUT2D eigenvalue weighted by atomic mass is 10.0. The molecule has 1 amide bonds. The molecule has 9 heteroatoms. The highest BCUT2D eigenvalue weighted by molar-refractivity contribution is 7.99. The quantitative estimate of drug-likeness (QED) is 0.713. The first-order chi connectivity index (χ1) is 12.5. The number of aromatic nitrogens is 4. The van der Waals surface area contributed by atoms with Crippen molar-refractivity contribution < 1.29 is 4.79 Å². The molecule has 3 heterocycles. The Hall–Kier alpha value is -1.19. The van der Waals surface area contributed by atoms with Crippen LogP contribution in [0, 0.1) is 0 Å². The first-order valence-corrected chi connectivity index (χ1v) is 10.7. The first-order valence-electron chi connectivity index (χ1n) is 9.59. The molecular weight excluding hydrogens is 350 g/mol. The van der Waals surface area contributed by atoms with E-state index < -0.39 is 0 Å². The van der Waals surface area contributed by atoms with Crippen LogP contribution in [0.5, 0.6) is 0 Å². The third-order valence-electron chi connectivity index (χ3n) is 5.54. The molecule has 2 aliphatic rings. The number of carbonyl (C=O) groups is 1. The summed E-state index contributed by atoms with van der Waals surface area (Å²) >= 11 is 2.05. The second-order valence-corrected chi connectivity index (χ2v) is 8.75. The van der Waals surface area contributed by atoms with Gasteiger partial charge in [0.05, 0.1) is 6.54 Å². The largest absolute Gasteiger partial charge is 0.341 e. The van der Waals surface area contributed by atoms with Crippen molar-refractivity contribution in [3.8, 4) is 0 Å². The molecule has 0 unspecified atom stereocenters. The minimum Gasteiger partial charge on any atom is -0.341 e. The fraction of sp³-hybridized carbons (Fsp3) is 0.882. The van der Waals surface area contributed by atoms with Crippen molar-refractivity contribution in [3.05, 3.63) is 5.82 Å². The van der Waals surface area contributed by atoms with Gasteiger partial charge in [-0.3, -0.25) is 14.6 Å². The van der Waals surface area contributed by atoms with Crippen LogP contribution in [0.1, 0.15) is 32.5 Å². The summed E-state index contributed by atoms with van der Waals surface area (Å²) in [7, 11) is 2.04. The van der Waals surface area contributed by atoms with Crippen LogP contribution < -0.4 is 0 Å². The molecule has 0 atom stereocenters. The van der Waals surface area contributed by atoms with Gasteiger partial charge >= 0.3 is 0 Å². The number of likely N-dealkylation sites (tertiary alicyclic amines) is 1. The molecule has 2 fully saturated rings. The van der Waals surface area contributed by atoms with E-state index in [4.69, 9.17) is 0 Å². The first kappa shape index (κ1) is 19.6. The average molecular weight is 382 g/mol. The van der Waals surface area contributed by atoms with Crippen LogP contribution in [0.25, 0.3) is 0 Å². The summed E-state index contributed by atoms with van der Waals surface area (Å²) in [5.41, 5.74) is 0. The van der Waals surface area contributed by atoms with Gasteiger partial charge in [0.2, 0.25) is 5.91 Å². The van der Waals surface area contributed by atoms with Crippen molar-refractivity contribution >= 4 is 17.7 Å². The van der Waals surface area contributed by atoms with Crippen molar-refractivity contribution in [2.75, 3.05) is 44.7 Å². The van der Waals surface area contributed by atoms with E-state index in [0.717, 1.165) is 31.8 Å². The van der Waals surface area contributed by atoms with E-state index >= 15 is 0 Å². The van der Waals surface area contributed by atoms with Crippen molar-refractivity contribution in [1.82, 2.24) is 34.9 Å². The third-order valence-corrected chi connectivity index (χ3v) is 6.49. The fourth-order valence-corrected chi connectivity index (χ4v) is 4.45. The van der Waals surface area contributed by atoms with Crippen molar-refractivity contribution in [3.63, 3.8) is 0 Å². The Bertz CT molecular complexity index is 579. The highest BCUT2D eigenvalue weighted by atomic mass is 32.2. The van der Waals surface area contributed by atoms with Gasteiger partial charge in [-0.1, -0.05) is 0 Å². The highest BCUT2D eigenvalue weighted by Gasteiger charge is 2.28. The van der Waals surface area contributed by atoms with E-state index in [1.807, 2.05) is 23.7 Å². The number of rotatable bonds is 6. The van der Waals surface area contributed by atoms with Gasteiger partial charge in [0, 0.05) is 49.8 Å². The number of nitrogens with zero attached hydrogens (tertiary/aromatic N) is 7. The van der Waals surface area contributed by atoms with Crippen LogP contribution in [0.4, 0.5) is 0 Å². The zero-order valence-electron chi connectivity index (χ0n) is 16.2. The summed E-state index contributed by atoms with van der Waals surface area (Å²) < 4.78 is 1.65. The van der Waals surface area contributed by atoms with E-state index in [-0.39, 0.29) is 12.5 Å². The summed E-state index contributed by atoms with van der Waals surface area (Å²) in [5.74, 6) is 3.35. The van der Waals surface area contributed by atoms with E-state index in [2.05, 4.69) is 39.2 Å². The average Bonchev–Trinajstić information content (AvgIpc) is 3.09. The molecule has 0 aromatic carbocycles. The molecule has 0 aliphatic carbocycles. The van der Waals surface area contributed by atoms with Gasteiger partial charge in [0.15, 0.2) is 5.82 Å². The lowest BCUT2D eigenvalue weighted by Gasteiger charge is -2.40. The number of thioether (sulfide) groups is 1. The molecular formula is C17H31N7OS. The smallest absolute Gasteiger partial charge is 0.244 e. The summed E-state index contributed by atoms with van der Waals surface area (Å²) in [4.78, 5) is 19.5. The Balaban J connectivity index is 1.49.